The van der Waals surface area contributed by atoms with Crippen molar-refractivity contribution in [3.63, 3.8) is 0 Å². The van der Waals surface area contributed by atoms with Crippen molar-refractivity contribution in [3.05, 3.63) is 35.9 Å². The van der Waals surface area contributed by atoms with Crippen LogP contribution in [0, 0.1) is 5.92 Å². The average Bonchev–Trinajstić information content (AvgIpc) is 3.47. The molecule has 1 aliphatic rings. The van der Waals surface area contributed by atoms with Crippen LogP contribution in [0.25, 0.3) is 5.82 Å². The molecule has 4 rings (SSSR count). The van der Waals surface area contributed by atoms with Gasteiger partial charge in [0, 0.05) is 18.5 Å². The summed E-state index contributed by atoms with van der Waals surface area (Å²) in [5.74, 6) is 0.437. The molecule has 1 N–H and O–H groups in total. The number of anilines is 2. The number of thiazole rings is 1. The van der Waals surface area contributed by atoms with Gasteiger partial charge in [-0.25, -0.2) is 19.4 Å². The van der Waals surface area contributed by atoms with Crippen LogP contribution >= 0.6 is 11.3 Å². The van der Waals surface area contributed by atoms with Gasteiger partial charge in [-0.1, -0.05) is 0 Å². The molecule has 3 aromatic heterocycles. The number of aromatic nitrogens is 6. The lowest BCUT2D eigenvalue weighted by Crippen LogP contribution is -2.41. The van der Waals surface area contributed by atoms with Crippen LogP contribution in [0.4, 0.5) is 10.9 Å². The molecule has 30 heavy (non-hydrogen) atoms. The number of ether oxygens (including phenoxy) is 1. The minimum atomic E-state index is -0.494. The van der Waals surface area contributed by atoms with Gasteiger partial charge in [-0.2, -0.15) is 5.10 Å². The fourth-order valence-electron chi connectivity index (χ4n) is 3.17. The number of amides is 1. The maximum atomic E-state index is 12.7. The molecule has 1 amide bonds. The third-order valence-electron chi connectivity index (χ3n) is 4.62. The van der Waals surface area contributed by atoms with E-state index in [4.69, 9.17) is 4.74 Å². The number of esters is 1. The Hall–Kier alpha value is -3.41. The van der Waals surface area contributed by atoms with Crippen molar-refractivity contribution in [2.24, 2.45) is 5.92 Å². The SMILES string of the molecule is CCOC(=O)c1csc(NC(=O)C2CCCN(c3ccc(-n4cncn4)nn3)C2)n1. The van der Waals surface area contributed by atoms with E-state index in [0.717, 1.165) is 19.4 Å². The minimum absolute atomic E-state index is 0.128. The molecule has 4 heterocycles. The van der Waals surface area contributed by atoms with Crippen molar-refractivity contribution in [1.82, 2.24) is 29.9 Å². The molecule has 0 bridgehead atoms. The highest BCUT2D eigenvalue weighted by Crippen LogP contribution is 2.24. The molecule has 0 aliphatic carbocycles. The van der Waals surface area contributed by atoms with Crippen molar-refractivity contribution >= 4 is 34.2 Å². The number of rotatable bonds is 6. The second-order valence-electron chi connectivity index (χ2n) is 6.62. The van der Waals surface area contributed by atoms with Gasteiger partial charge in [0.05, 0.1) is 12.5 Å². The highest BCUT2D eigenvalue weighted by molar-refractivity contribution is 7.14. The highest BCUT2D eigenvalue weighted by Gasteiger charge is 2.27. The molecule has 3 aromatic rings. The number of carbonyl (C=O) groups excluding carboxylic acids is 2. The Morgan fingerprint density at radius 1 is 1.30 bits per heavy atom. The van der Waals surface area contributed by atoms with E-state index >= 15 is 0 Å². The third-order valence-corrected chi connectivity index (χ3v) is 5.38. The zero-order valence-corrected chi connectivity index (χ0v) is 17.1. The van der Waals surface area contributed by atoms with Gasteiger partial charge in [-0.05, 0) is 31.9 Å². The molecule has 0 saturated carbocycles. The van der Waals surface area contributed by atoms with E-state index in [0.29, 0.717) is 23.3 Å². The maximum Gasteiger partial charge on any atom is 0.357 e. The molecule has 0 spiro atoms. The van der Waals surface area contributed by atoms with E-state index < -0.39 is 5.97 Å². The van der Waals surface area contributed by atoms with E-state index in [2.05, 4.69) is 30.6 Å². The van der Waals surface area contributed by atoms with Gasteiger partial charge < -0.3 is 15.0 Å². The van der Waals surface area contributed by atoms with E-state index in [1.807, 2.05) is 17.0 Å². The number of hydrogen-bond acceptors (Lipinski definition) is 10. The van der Waals surface area contributed by atoms with Gasteiger partial charge in [-0.15, -0.1) is 21.5 Å². The normalized spacial score (nSPS) is 16.3. The predicted molar refractivity (Wildman–Crippen MR) is 109 cm³/mol. The van der Waals surface area contributed by atoms with Crippen LogP contribution in [-0.2, 0) is 9.53 Å². The van der Waals surface area contributed by atoms with Gasteiger partial charge in [-0.3, -0.25) is 4.79 Å². The van der Waals surface area contributed by atoms with Crippen molar-refractivity contribution in [2.75, 3.05) is 29.9 Å². The molecule has 0 radical (unpaired) electrons. The molecular formula is C18H20N8O3S. The lowest BCUT2D eigenvalue weighted by atomic mass is 9.97. The van der Waals surface area contributed by atoms with E-state index in [-0.39, 0.29) is 24.1 Å². The summed E-state index contributed by atoms with van der Waals surface area (Å²) in [6.45, 7) is 3.33. The van der Waals surface area contributed by atoms with Crippen molar-refractivity contribution in [3.8, 4) is 5.82 Å². The molecular weight excluding hydrogens is 408 g/mol. The summed E-state index contributed by atoms with van der Waals surface area (Å²) in [4.78, 5) is 34.5. The van der Waals surface area contributed by atoms with E-state index in [9.17, 15) is 9.59 Å². The largest absolute Gasteiger partial charge is 0.461 e. The summed E-state index contributed by atoms with van der Waals surface area (Å²) >= 11 is 1.20. The molecule has 1 atom stereocenters. The molecule has 12 heteroatoms. The predicted octanol–water partition coefficient (Wildman–Crippen LogP) is 1.55. The van der Waals surface area contributed by atoms with Crippen LogP contribution in [0.15, 0.2) is 30.2 Å². The fourth-order valence-corrected chi connectivity index (χ4v) is 3.85. The van der Waals surface area contributed by atoms with Gasteiger partial charge in [0.25, 0.3) is 0 Å². The lowest BCUT2D eigenvalue weighted by molar-refractivity contribution is -0.120. The molecule has 1 unspecified atom stereocenters. The third kappa shape index (κ3) is 4.43. The minimum Gasteiger partial charge on any atom is -0.461 e. The Morgan fingerprint density at radius 2 is 2.13 bits per heavy atom. The van der Waals surface area contributed by atoms with Crippen LogP contribution in [0.1, 0.15) is 30.3 Å². The molecule has 0 aromatic carbocycles. The Morgan fingerprint density at radius 3 is 2.87 bits per heavy atom. The first kappa shape index (κ1) is 19.9. The van der Waals surface area contributed by atoms with Crippen molar-refractivity contribution < 1.29 is 14.3 Å². The van der Waals surface area contributed by atoms with E-state index in [1.165, 1.54) is 22.3 Å². The Kier molecular flexibility index (Phi) is 5.93. The number of nitrogens with zero attached hydrogens (tertiary/aromatic N) is 7. The fraction of sp³-hybridized carbons (Fsp3) is 0.389. The molecule has 1 fully saturated rings. The van der Waals surface area contributed by atoms with Gasteiger partial charge in [0.2, 0.25) is 5.91 Å². The van der Waals surface area contributed by atoms with Crippen LogP contribution in [0.5, 0.6) is 0 Å². The topological polar surface area (TPSA) is 128 Å². The first-order valence-corrected chi connectivity index (χ1v) is 10.4. The smallest absolute Gasteiger partial charge is 0.357 e. The van der Waals surface area contributed by atoms with Crippen molar-refractivity contribution in [2.45, 2.75) is 19.8 Å². The van der Waals surface area contributed by atoms with Gasteiger partial charge in [0.1, 0.15) is 12.7 Å². The average molecular weight is 428 g/mol. The van der Waals surface area contributed by atoms with Crippen molar-refractivity contribution in [1.29, 1.82) is 0 Å². The number of hydrogen-bond donors (Lipinski definition) is 1. The highest BCUT2D eigenvalue weighted by atomic mass is 32.1. The van der Waals surface area contributed by atoms with Gasteiger partial charge >= 0.3 is 5.97 Å². The van der Waals surface area contributed by atoms with Crippen LogP contribution in [0.2, 0.25) is 0 Å². The second-order valence-corrected chi connectivity index (χ2v) is 7.48. The quantitative estimate of drug-likeness (QED) is 0.581. The molecule has 156 valence electrons. The summed E-state index contributed by atoms with van der Waals surface area (Å²) in [7, 11) is 0. The van der Waals surface area contributed by atoms with Crippen LogP contribution in [-0.4, -0.2) is 61.5 Å². The standard InChI is InChI=1S/C18H20N8O3S/c1-2-29-17(28)13-9-30-18(21-13)22-16(27)12-4-3-7-25(8-12)14-5-6-15(24-23-14)26-11-19-10-20-26/h5-6,9-12H,2-4,7-8H2,1H3,(H,21,22,27). The number of nitrogens with one attached hydrogen (secondary N) is 1. The summed E-state index contributed by atoms with van der Waals surface area (Å²) in [6.07, 6.45) is 4.61. The summed E-state index contributed by atoms with van der Waals surface area (Å²) in [5, 5.41) is 17.3. The molecule has 11 nitrogen and oxygen atoms in total. The van der Waals surface area contributed by atoms with E-state index in [1.54, 1.807) is 18.6 Å². The Bertz CT molecular complexity index is 1000. The van der Waals surface area contributed by atoms with Crippen LogP contribution < -0.4 is 10.2 Å². The molecule has 1 aliphatic heterocycles. The second kappa shape index (κ2) is 8.95. The summed E-state index contributed by atoms with van der Waals surface area (Å²) in [5.41, 5.74) is 0.199. The monoisotopic (exact) mass is 428 g/mol. The number of carbonyl (C=O) groups is 2. The first-order valence-electron chi connectivity index (χ1n) is 9.51. The summed E-state index contributed by atoms with van der Waals surface area (Å²) < 4.78 is 6.45. The molecule has 1 saturated heterocycles. The first-order chi connectivity index (χ1) is 14.6. The maximum absolute atomic E-state index is 12.7. The van der Waals surface area contributed by atoms with Gasteiger partial charge in [0.15, 0.2) is 22.5 Å². The number of piperidine rings is 1. The van der Waals surface area contributed by atoms with Crippen LogP contribution in [0.3, 0.4) is 0 Å². The Balaban J connectivity index is 1.37. The zero-order chi connectivity index (χ0) is 20.9. The summed E-state index contributed by atoms with van der Waals surface area (Å²) in [6, 6.07) is 3.67. The lowest BCUT2D eigenvalue weighted by Gasteiger charge is -2.32. The Labute approximate surface area is 176 Å². The zero-order valence-electron chi connectivity index (χ0n) is 16.3.